The molecule has 0 unspecified atom stereocenters. The number of nitrogens with one attached hydrogen (secondary N) is 1. The lowest BCUT2D eigenvalue weighted by Gasteiger charge is -2.23. The molecule has 5 nitrogen and oxygen atoms in total. The van der Waals surface area contributed by atoms with Crippen LogP contribution in [0.2, 0.25) is 0 Å². The third kappa shape index (κ3) is 2.77. The first-order valence-electron chi connectivity index (χ1n) is 7.22. The molecule has 0 bridgehead atoms. The number of benzene rings is 1. The van der Waals surface area contributed by atoms with Crippen LogP contribution in [-0.4, -0.2) is 20.8 Å². The van der Waals surface area contributed by atoms with Crippen molar-refractivity contribution >= 4 is 5.91 Å². The molecule has 1 heterocycles. The molecule has 1 amide bonds. The topological polar surface area (TPSA) is 67.2 Å². The van der Waals surface area contributed by atoms with Gasteiger partial charge in [-0.3, -0.25) is 9.48 Å². The number of phenolic OH excluding ortho intramolecular Hbond substituents is 1. The van der Waals surface area contributed by atoms with Gasteiger partial charge in [0, 0.05) is 23.9 Å². The van der Waals surface area contributed by atoms with Crippen molar-refractivity contribution in [3.8, 4) is 5.75 Å². The van der Waals surface area contributed by atoms with E-state index in [1.54, 1.807) is 18.2 Å². The Balaban J connectivity index is 1.70. The molecule has 21 heavy (non-hydrogen) atoms. The quantitative estimate of drug-likeness (QED) is 0.904. The summed E-state index contributed by atoms with van der Waals surface area (Å²) in [7, 11) is 1.94. The van der Waals surface area contributed by atoms with Crippen LogP contribution in [0.25, 0.3) is 0 Å². The molecular formula is C16H19N3O2. The van der Waals surface area contributed by atoms with Gasteiger partial charge in [0.2, 0.25) is 5.91 Å². The zero-order valence-electron chi connectivity index (χ0n) is 12.0. The number of hydrogen-bond acceptors (Lipinski definition) is 3. The molecule has 1 aliphatic carbocycles. The summed E-state index contributed by atoms with van der Waals surface area (Å²) in [5.74, 6) is 0.0940. The fourth-order valence-electron chi connectivity index (χ4n) is 2.93. The Morgan fingerprint density at radius 2 is 2.29 bits per heavy atom. The zero-order valence-corrected chi connectivity index (χ0v) is 12.0. The van der Waals surface area contributed by atoms with Crippen LogP contribution < -0.4 is 5.32 Å². The lowest BCUT2D eigenvalue weighted by atomic mass is 9.93. The second kappa shape index (κ2) is 5.60. The summed E-state index contributed by atoms with van der Waals surface area (Å²) >= 11 is 0. The molecule has 1 aromatic carbocycles. The van der Waals surface area contributed by atoms with Crippen LogP contribution >= 0.6 is 0 Å². The van der Waals surface area contributed by atoms with E-state index in [2.05, 4.69) is 10.4 Å². The van der Waals surface area contributed by atoms with Crippen LogP contribution in [0, 0.1) is 0 Å². The van der Waals surface area contributed by atoms with Gasteiger partial charge in [0.15, 0.2) is 0 Å². The highest BCUT2D eigenvalue weighted by Crippen LogP contribution is 2.29. The molecule has 1 aliphatic rings. The number of phenols is 1. The summed E-state index contributed by atoms with van der Waals surface area (Å²) in [6.07, 6.45) is 5.04. The normalized spacial score (nSPS) is 17.3. The third-order valence-corrected chi connectivity index (χ3v) is 4.05. The average Bonchev–Trinajstić information content (AvgIpc) is 2.84. The minimum absolute atomic E-state index is 0.0285. The number of hydrogen-bond donors (Lipinski definition) is 2. The van der Waals surface area contributed by atoms with Crippen LogP contribution in [0.15, 0.2) is 30.5 Å². The largest absolute Gasteiger partial charge is 0.508 e. The van der Waals surface area contributed by atoms with Crippen molar-refractivity contribution in [3.63, 3.8) is 0 Å². The maximum absolute atomic E-state index is 12.2. The Morgan fingerprint density at radius 3 is 3.10 bits per heavy atom. The van der Waals surface area contributed by atoms with E-state index >= 15 is 0 Å². The number of carbonyl (C=O) groups excluding carboxylic acids is 1. The van der Waals surface area contributed by atoms with Crippen molar-refractivity contribution < 1.29 is 9.90 Å². The lowest BCUT2D eigenvalue weighted by molar-refractivity contribution is -0.121. The first-order valence-corrected chi connectivity index (χ1v) is 7.22. The van der Waals surface area contributed by atoms with Crippen molar-refractivity contribution in [2.24, 2.45) is 7.05 Å². The number of carbonyl (C=O) groups is 1. The Labute approximate surface area is 123 Å². The molecule has 2 aromatic rings. The molecule has 0 fully saturated rings. The predicted molar refractivity (Wildman–Crippen MR) is 78.8 cm³/mol. The third-order valence-electron chi connectivity index (χ3n) is 4.05. The number of amides is 1. The molecular weight excluding hydrogens is 266 g/mol. The molecule has 3 rings (SSSR count). The van der Waals surface area contributed by atoms with Crippen molar-refractivity contribution in [1.29, 1.82) is 0 Å². The minimum atomic E-state index is -0.0711. The fraction of sp³-hybridized carbons (Fsp3) is 0.375. The van der Waals surface area contributed by atoms with Gasteiger partial charge in [0.25, 0.3) is 0 Å². The van der Waals surface area contributed by atoms with Gasteiger partial charge in [-0.1, -0.05) is 18.2 Å². The Bertz CT molecular complexity index is 663. The van der Waals surface area contributed by atoms with Gasteiger partial charge in [-0.25, -0.2) is 0 Å². The highest BCUT2D eigenvalue weighted by atomic mass is 16.3. The van der Waals surface area contributed by atoms with Gasteiger partial charge in [0.1, 0.15) is 5.75 Å². The lowest BCUT2D eigenvalue weighted by Crippen LogP contribution is -2.32. The van der Waals surface area contributed by atoms with E-state index in [-0.39, 0.29) is 24.1 Å². The molecule has 0 saturated heterocycles. The zero-order chi connectivity index (χ0) is 14.8. The van der Waals surface area contributed by atoms with Crippen molar-refractivity contribution in [1.82, 2.24) is 15.1 Å². The molecule has 110 valence electrons. The molecule has 0 aliphatic heterocycles. The van der Waals surface area contributed by atoms with Gasteiger partial charge >= 0.3 is 0 Å². The highest BCUT2D eigenvalue weighted by molar-refractivity contribution is 5.79. The van der Waals surface area contributed by atoms with Crippen LogP contribution in [-0.2, 0) is 24.7 Å². The van der Waals surface area contributed by atoms with Gasteiger partial charge in [-0.2, -0.15) is 5.10 Å². The Morgan fingerprint density at radius 1 is 1.48 bits per heavy atom. The van der Waals surface area contributed by atoms with Gasteiger partial charge in [-0.05, 0) is 25.3 Å². The number of aromatic nitrogens is 2. The molecule has 2 N–H and O–H groups in total. The summed E-state index contributed by atoms with van der Waals surface area (Å²) < 4.78 is 1.89. The number of aryl methyl sites for hydroxylation is 1. The maximum Gasteiger partial charge on any atom is 0.225 e. The molecule has 0 radical (unpaired) electrons. The first kappa shape index (κ1) is 13.7. The molecule has 5 heteroatoms. The molecule has 0 saturated carbocycles. The number of nitrogens with zero attached hydrogens (tertiary/aromatic N) is 2. The Hall–Kier alpha value is -2.30. The highest BCUT2D eigenvalue weighted by Gasteiger charge is 2.24. The van der Waals surface area contributed by atoms with E-state index < -0.39 is 0 Å². The standard InChI is InChI=1S/C16H19N3O2/c1-19-14-7-4-6-13(12(14)10-17-19)18-16(21)9-11-5-2-3-8-15(11)20/h2-3,5,8,10,13,20H,4,6-7,9H2,1H3,(H,18,21)/t13-/m1/s1. The fourth-order valence-corrected chi connectivity index (χ4v) is 2.93. The second-order valence-corrected chi connectivity index (χ2v) is 5.49. The predicted octanol–water partition coefficient (Wildman–Crippen LogP) is 1.86. The molecule has 1 atom stereocenters. The molecule has 1 aromatic heterocycles. The summed E-state index contributed by atoms with van der Waals surface area (Å²) in [4.78, 5) is 12.2. The smallest absolute Gasteiger partial charge is 0.225 e. The SMILES string of the molecule is Cn1ncc2c1CCC[C@H]2NC(=O)Cc1ccccc1O. The first-order chi connectivity index (χ1) is 10.1. The maximum atomic E-state index is 12.2. The van der Waals surface area contributed by atoms with Crippen LogP contribution in [0.4, 0.5) is 0 Å². The van der Waals surface area contributed by atoms with Crippen LogP contribution in [0.1, 0.15) is 35.7 Å². The van der Waals surface area contributed by atoms with Crippen molar-refractivity contribution in [3.05, 3.63) is 47.3 Å². The van der Waals surface area contributed by atoms with Gasteiger partial charge in [0.05, 0.1) is 18.7 Å². The minimum Gasteiger partial charge on any atom is -0.508 e. The number of aromatic hydroxyl groups is 1. The Kier molecular flexibility index (Phi) is 3.64. The average molecular weight is 285 g/mol. The van der Waals surface area contributed by atoms with Crippen LogP contribution in [0.5, 0.6) is 5.75 Å². The summed E-state index contributed by atoms with van der Waals surface area (Å²) in [6, 6.07) is 6.97. The van der Waals surface area contributed by atoms with E-state index in [9.17, 15) is 9.90 Å². The number of rotatable bonds is 3. The monoisotopic (exact) mass is 285 g/mol. The number of para-hydroxylation sites is 1. The van der Waals surface area contributed by atoms with Crippen LogP contribution in [0.3, 0.4) is 0 Å². The van der Waals surface area contributed by atoms with Gasteiger partial charge < -0.3 is 10.4 Å². The van der Waals surface area contributed by atoms with E-state index in [1.165, 1.54) is 5.69 Å². The van der Waals surface area contributed by atoms with E-state index in [4.69, 9.17) is 0 Å². The summed E-state index contributed by atoms with van der Waals surface area (Å²) in [5.41, 5.74) is 2.97. The summed E-state index contributed by atoms with van der Waals surface area (Å²) in [6.45, 7) is 0. The van der Waals surface area contributed by atoms with Crippen molar-refractivity contribution in [2.75, 3.05) is 0 Å². The van der Waals surface area contributed by atoms with E-state index in [0.29, 0.717) is 5.56 Å². The second-order valence-electron chi connectivity index (χ2n) is 5.49. The summed E-state index contributed by atoms with van der Waals surface area (Å²) in [5, 5.41) is 17.1. The van der Waals surface area contributed by atoms with Gasteiger partial charge in [-0.15, -0.1) is 0 Å². The van der Waals surface area contributed by atoms with Crippen molar-refractivity contribution in [2.45, 2.75) is 31.7 Å². The number of fused-ring (bicyclic) bond motifs is 1. The molecule has 0 spiro atoms. The van der Waals surface area contributed by atoms with E-state index in [0.717, 1.165) is 24.8 Å². The van der Waals surface area contributed by atoms with E-state index in [1.807, 2.05) is 24.0 Å².